The smallest absolute Gasteiger partial charge is 0.246 e. The van der Waals surface area contributed by atoms with Crippen LogP contribution >= 0.6 is 0 Å². The van der Waals surface area contributed by atoms with Crippen LogP contribution in [0.1, 0.15) is 39.0 Å². The van der Waals surface area contributed by atoms with Crippen molar-refractivity contribution in [1.29, 1.82) is 0 Å². The number of aldehydes is 1. The summed E-state index contributed by atoms with van der Waals surface area (Å²) in [6, 6.07) is 0. The van der Waals surface area contributed by atoms with Crippen LogP contribution in [0.15, 0.2) is 12.2 Å². The van der Waals surface area contributed by atoms with Crippen LogP contribution in [0.25, 0.3) is 0 Å². The fourth-order valence-electron chi connectivity index (χ4n) is 1.31. The maximum Gasteiger partial charge on any atom is 0.246 e. The second-order valence-electron chi connectivity index (χ2n) is 3.67. The van der Waals surface area contributed by atoms with E-state index in [-0.39, 0.29) is 5.91 Å². The summed E-state index contributed by atoms with van der Waals surface area (Å²) in [4.78, 5) is 23.0. The molecule has 86 valence electrons. The lowest BCUT2D eigenvalue weighted by Gasteiger charge is -2.14. The van der Waals surface area contributed by atoms with Crippen molar-refractivity contribution in [1.82, 2.24) is 4.90 Å². The highest BCUT2D eigenvalue weighted by atomic mass is 16.2. The zero-order valence-corrected chi connectivity index (χ0v) is 9.74. The molecule has 0 N–H and O–H groups in total. The van der Waals surface area contributed by atoms with Crippen molar-refractivity contribution >= 4 is 12.2 Å². The van der Waals surface area contributed by atoms with E-state index < -0.39 is 0 Å². The third-order valence-corrected chi connectivity index (χ3v) is 2.29. The quantitative estimate of drug-likeness (QED) is 0.350. The zero-order valence-electron chi connectivity index (χ0n) is 9.74. The maximum absolute atomic E-state index is 11.3. The molecule has 0 fully saturated rings. The van der Waals surface area contributed by atoms with Crippen molar-refractivity contribution in [3.8, 4) is 0 Å². The minimum absolute atomic E-state index is 0.0995. The summed E-state index contributed by atoms with van der Waals surface area (Å²) < 4.78 is 0. The van der Waals surface area contributed by atoms with Gasteiger partial charge in [-0.1, -0.05) is 32.6 Å². The predicted octanol–water partition coefficient (Wildman–Crippen LogP) is 2.17. The topological polar surface area (TPSA) is 37.4 Å². The molecule has 0 aliphatic heterocycles. The second-order valence-corrected chi connectivity index (χ2v) is 3.67. The van der Waals surface area contributed by atoms with Crippen molar-refractivity contribution in [2.24, 2.45) is 0 Å². The van der Waals surface area contributed by atoms with E-state index in [4.69, 9.17) is 0 Å². The molecule has 0 spiro atoms. The van der Waals surface area contributed by atoms with E-state index in [2.05, 4.69) is 6.92 Å². The molecule has 0 unspecified atom stereocenters. The van der Waals surface area contributed by atoms with Gasteiger partial charge in [0.1, 0.15) is 6.29 Å². The van der Waals surface area contributed by atoms with Gasteiger partial charge in [-0.3, -0.25) is 9.59 Å². The molecule has 0 aliphatic carbocycles. The van der Waals surface area contributed by atoms with Crippen molar-refractivity contribution in [2.75, 3.05) is 13.6 Å². The monoisotopic (exact) mass is 211 g/mol. The lowest BCUT2D eigenvalue weighted by atomic mass is 10.1. The van der Waals surface area contributed by atoms with Gasteiger partial charge in [0, 0.05) is 19.7 Å². The first kappa shape index (κ1) is 13.9. The van der Waals surface area contributed by atoms with Crippen molar-refractivity contribution < 1.29 is 9.59 Å². The predicted molar refractivity (Wildman–Crippen MR) is 61.6 cm³/mol. The molecule has 3 nitrogen and oxygen atoms in total. The Hall–Kier alpha value is -1.12. The lowest BCUT2D eigenvalue weighted by Crippen LogP contribution is -2.25. The third-order valence-electron chi connectivity index (χ3n) is 2.29. The van der Waals surface area contributed by atoms with Gasteiger partial charge in [0.05, 0.1) is 0 Å². The summed E-state index contributed by atoms with van der Waals surface area (Å²) in [5, 5.41) is 0. The van der Waals surface area contributed by atoms with E-state index in [1.807, 2.05) is 0 Å². The van der Waals surface area contributed by atoms with Gasteiger partial charge < -0.3 is 4.90 Å². The highest BCUT2D eigenvalue weighted by Gasteiger charge is 2.02. The molecule has 0 saturated carbocycles. The molecule has 0 aromatic rings. The van der Waals surface area contributed by atoms with E-state index >= 15 is 0 Å². The number of nitrogens with zero attached hydrogens (tertiary/aromatic N) is 1. The van der Waals surface area contributed by atoms with Crippen LogP contribution in [0.5, 0.6) is 0 Å². The third kappa shape index (κ3) is 7.91. The van der Waals surface area contributed by atoms with Crippen LogP contribution in [0.2, 0.25) is 0 Å². The van der Waals surface area contributed by atoms with E-state index in [0.29, 0.717) is 6.29 Å². The van der Waals surface area contributed by atoms with Crippen LogP contribution in [0.4, 0.5) is 0 Å². The van der Waals surface area contributed by atoms with Crippen molar-refractivity contribution in [3.05, 3.63) is 12.2 Å². The molecular formula is C12H21NO2. The second kappa shape index (κ2) is 9.44. The molecule has 3 heteroatoms. The van der Waals surface area contributed by atoms with E-state index in [0.717, 1.165) is 13.0 Å². The molecule has 0 bridgehead atoms. The van der Waals surface area contributed by atoms with Crippen LogP contribution in [0, 0.1) is 0 Å². The fourth-order valence-corrected chi connectivity index (χ4v) is 1.31. The van der Waals surface area contributed by atoms with Crippen molar-refractivity contribution in [3.63, 3.8) is 0 Å². The first-order valence-electron chi connectivity index (χ1n) is 5.59. The fraction of sp³-hybridized carbons (Fsp3) is 0.667. The van der Waals surface area contributed by atoms with Crippen LogP contribution in [0.3, 0.4) is 0 Å². The van der Waals surface area contributed by atoms with Crippen LogP contribution in [-0.2, 0) is 9.59 Å². The van der Waals surface area contributed by atoms with Gasteiger partial charge in [0.15, 0.2) is 0 Å². The minimum Gasteiger partial charge on any atom is -0.342 e. The number of unbranched alkanes of at least 4 members (excludes halogenated alkanes) is 4. The summed E-state index contributed by atoms with van der Waals surface area (Å²) in [6.45, 7) is 2.95. The Bertz CT molecular complexity index is 212. The lowest BCUT2D eigenvalue weighted by molar-refractivity contribution is -0.125. The number of hydrogen-bond acceptors (Lipinski definition) is 2. The first-order chi connectivity index (χ1) is 7.22. The Morgan fingerprint density at radius 2 is 1.87 bits per heavy atom. The van der Waals surface area contributed by atoms with Crippen LogP contribution < -0.4 is 0 Å². The van der Waals surface area contributed by atoms with Gasteiger partial charge in [-0.2, -0.15) is 0 Å². The highest BCUT2D eigenvalue weighted by molar-refractivity contribution is 5.90. The average molecular weight is 211 g/mol. The average Bonchev–Trinajstić information content (AvgIpc) is 2.25. The molecule has 15 heavy (non-hydrogen) atoms. The molecule has 0 saturated heterocycles. The summed E-state index contributed by atoms with van der Waals surface area (Å²) in [5.74, 6) is -0.0995. The number of allylic oxidation sites excluding steroid dienone is 1. The van der Waals surface area contributed by atoms with Gasteiger partial charge in [0.2, 0.25) is 5.91 Å². The molecule has 0 aliphatic rings. The Kier molecular flexibility index (Phi) is 8.73. The number of hydrogen-bond donors (Lipinski definition) is 0. The molecule has 0 aromatic heterocycles. The molecule has 0 radical (unpaired) electrons. The van der Waals surface area contributed by atoms with Gasteiger partial charge in [-0.25, -0.2) is 0 Å². The van der Waals surface area contributed by atoms with Gasteiger partial charge in [0.25, 0.3) is 0 Å². The Balaban J connectivity index is 3.55. The number of carbonyl (C=O) groups excluding carboxylic acids is 2. The first-order valence-corrected chi connectivity index (χ1v) is 5.59. The SMILES string of the molecule is CCCCCCCN(C)C(=O)/C=C\C=O. The molecule has 1 amide bonds. The zero-order chi connectivity index (χ0) is 11.5. The molecule has 0 aromatic carbocycles. The van der Waals surface area contributed by atoms with E-state index in [9.17, 15) is 9.59 Å². The van der Waals surface area contributed by atoms with Gasteiger partial charge in [-0.05, 0) is 12.5 Å². The molecule has 0 heterocycles. The summed E-state index contributed by atoms with van der Waals surface area (Å²) in [7, 11) is 1.76. The van der Waals surface area contributed by atoms with Gasteiger partial charge >= 0.3 is 0 Å². The normalized spacial score (nSPS) is 10.5. The largest absolute Gasteiger partial charge is 0.342 e. The number of rotatable bonds is 8. The summed E-state index contributed by atoms with van der Waals surface area (Å²) >= 11 is 0. The maximum atomic E-state index is 11.3. The minimum atomic E-state index is -0.0995. The molecule has 0 rings (SSSR count). The Labute approximate surface area is 92.1 Å². The number of likely N-dealkylation sites (N-methyl/N-ethyl adjacent to an activating group) is 1. The summed E-state index contributed by atoms with van der Waals surface area (Å²) in [5.41, 5.74) is 0. The Morgan fingerprint density at radius 3 is 2.47 bits per heavy atom. The highest BCUT2D eigenvalue weighted by Crippen LogP contribution is 2.03. The van der Waals surface area contributed by atoms with Crippen LogP contribution in [-0.4, -0.2) is 30.7 Å². The molecule has 0 atom stereocenters. The number of carbonyl (C=O) groups is 2. The Morgan fingerprint density at radius 1 is 1.20 bits per heavy atom. The van der Waals surface area contributed by atoms with Gasteiger partial charge in [-0.15, -0.1) is 0 Å². The standard InChI is InChI=1S/C12H21NO2/c1-3-4-5-6-7-10-13(2)12(15)9-8-11-14/h8-9,11H,3-7,10H2,1-2H3/b9-8-. The van der Waals surface area contributed by atoms with E-state index in [1.165, 1.54) is 37.8 Å². The van der Waals surface area contributed by atoms with E-state index in [1.54, 1.807) is 11.9 Å². The van der Waals surface area contributed by atoms with Crippen molar-refractivity contribution in [2.45, 2.75) is 39.0 Å². The summed E-state index contributed by atoms with van der Waals surface area (Å²) in [6.07, 6.45) is 9.10. The molecular weight excluding hydrogens is 190 g/mol. The number of amides is 1.